The summed E-state index contributed by atoms with van der Waals surface area (Å²) in [6.07, 6.45) is 4.66. The predicted octanol–water partition coefficient (Wildman–Crippen LogP) is 2.90. The van der Waals surface area contributed by atoms with Crippen LogP contribution in [0.3, 0.4) is 0 Å². The van der Waals surface area contributed by atoms with Gasteiger partial charge >= 0.3 is 0 Å². The number of hydrogen-bond acceptors (Lipinski definition) is 3. The first kappa shape index (κ1) is 11.8. The van der Waals surface area contributed by atoms with Crippen LogP contribution < -0.4 is 4.90 Å². The second-order valence-electron chi connectivity index (χ2n) is 5.13. The third-order valence-corrected chi connectivity index (χ3v) is 4.13. The molecule has 0 bridgehead atoms. The Kier molecular flexibility index (Phi) is 2.97. The second kappa shape index (κ2) is 4.78. The normalized spacial score (nSPS) is 21.3. The minimum atomic E-state index is 0.0916. The third kappa shape index (κ3) is 1.88. The molecule has 2 heterocycles. The van der Waals surface area contributed by atoms with Gasteiger partial charge in [-0.15, -0.1) is 0 Å². The molecule has 0 saturated carbocycles. The molecule has 19 heavy (non-hydrogen) atoms. The molecular formula is C16H15N3. The van der Waals surface area contributed by atoms with Crippen LogP contribution in [0.15, 0.2) is 29.8 Å². The lowest BCUT2D eigenvalue weighted by Gasteiger charge is -2.39. The van der Waals surface area contributed by atoms with Crippen LogP contribution in [0.4, 0.5) is 5.69 Å². The summed E-state index contributed by atoms with van der Waals surface area (Å²) >= 11 is 0. The lowest BCUT2D eigenvalue weighted by atomic mass is 9.81. The average Bonchev–Trinajstić information content (AvgIpc) is 2.46. The molecule has 0 aliphatic carbocycles. The summed E-state index contributed by atoms with van der Waals surface area (Å²) in [5.41, 5.74) is 4.54. The minimum Gasteiger partial charge on any atom is -0.371 e. The van der Waals surface area contributed by atoms with Gasteiger partial charge in [-0.3, -0.25) is 0 Å². The number of anilines is 1. The van der Waals surface area contributed by atoms with E-state index in [0.717, 1.165) is 25.9 Å². The monoisotopic (exact) mass is 249 g/mol. The van der Waals surface area contributed by atoms with Crippen LogP contribution in [0.1, 0.15) is 29.9 Å². The summed E-state index contributed by atoms with van der Waals surface area (Å²) in [5.74, 6) is 0.0916. The van der Waals surface area contributed by atoms with E-state index in [2.05, 4.69) is 29.2 Å². The first-order valence-corrected chi connectivity index (χ1v) is 6.71. The lowest BCUT2D eigenvalue weighted by molar-refractivity contribution is 0.597. The van der Waals surface area contributed by atoms with Crippen LogP contribution in [-0.2, 0) is 6.42 Å². The van der Waals surface area contributed by atoms with Crippen molar-refractivity contribution in [3.05, 3.63) is 41.0 Å². The molecule has 1 unspecified atom stereocenters. The van der Waals surface area contributed by atoms with Crippen LogP contribution in [0.5, 0.6) is 0 Å². The molecule has 1 aromatic rings. The van der Waals surface area contributed by atoms with Crippen molar-refractivity contribution in [2.45, 2.75) is 25.2 Å². The number of rotatable bonds is 1. The van der Waals surface area contributed by atoms with Gasteiger partial charge in [-0.25, -0.2) is 0 Å². The average molecular weight is 249 g/mol. The van der Waals surface area contributed by atoms with Gasteiger partial charge in [0.15, 0.2) is 0 Å². The van der Waals surface area contributed by atoms with Crippen molar-refractivity contribution in [2.75, 3.05) is 18.0 Å². The van der Waals surface area contributed by atoms with Crippen LogP contribution in [0.2, 0.25) is 0 Å². The highest BCUT2D eigenvalue weighted by Crippen LogP contribution is 2.43. The quantitative estimate of drug-likeness (QED) is 0.719. The van der Waals surface area contributed by atoms with Gasteiger partial charge in [0.1, 0.15) is 0 Å². The molecule has 0 radical (unpaired) electrons. The Bertz CT molecular complexity index is 616. The molecular weight excluding hydrogens is 234 g/mol. The van der Waals surface area contributed by atoms with Crippen LogP contribution >= 0.6 is 0 Å². The Morgan fingerprint density at radius 1 is 1.32 bits per heavy atom. The third-order valence-electron chi connectivity index (χ3n) is 4.13. The molecule has 0 amide bonds. The molecule has 2 aliphatic heterocycles. The highest BCUT2D eigenvalue weighted by Gasteiger charge is 2.30. The van der Waals surface area contributed by atoms with Gasteiger partial charge in [-0.05, 0) is 30.4 Å². The van der Waals surface area contributed by atoms with Crippen LogP contribution in [0.25, 0.3) is 0 Å². The Labute approximate surface area is 113 Å². The largest absolute Gasteiger partial charge is 0.371 e. The van der Waals surface area contributed by atoms with E-state index in [4.69, 9.17) is 5.26 Å². The van der Waals surface area contributed by atoms with Crippen molar-refractivity contribution >= 4 is 5.69 Å². The fourth-order valence-corrected chi connectivity index (χ4v) is 3.32. The Balaban J connectivity index is 2.11. The van der Waals surface area contributed by atoms with Crippen molar-refractivity contribution in [1.29, 1.82) is 10.5 Å². The maximum atomic E-state index is 9.26. The number of nitriles is 2. The summed E-state index contributed by atoms with van der Waals surface area (Å²) in [5, 5.41) is 18.1. The molecule has 0 aromatic heterocycles. The van der Waals surface area contributed by atoms with Gasteiger partial charge in [-0.2, -0.15) is 10.5 Å². The molecule has 3 nitrogen and oxygen atoms in total. The fraction of sp³-hybridized carbons (Fsp3) is 0.375. The van der Waals surface area contributed by atoms with E-state index >= 15 is 0 Å². The maximum absolute atomic E-state index is 9.26. The summed E-state index contributed by atoms with van der Waals surface area (Å²) in [4.78, 5) is 2.44. The molecule has 1 atom stereocenters. The van der Waals surface area contributed by atoms with E-state index in [1.807, 2.05) is 6.07 Å². The number of hydrogen-bond donors (Lipinski definition) is 0. The molecule has 3 heteroatoms. The SMILES string of the molecule is N#CC=C(C#N)C1CCN2CCCc3cccc1c32. The van der Waals surface area contributed by atoms with Crippen LogP contribution in [0, 0.1) is 22.7 Å². The molecule has 0 N–H and O–H groups in total. The van der Waals surface area contributed by atoms with Gasteiger partial charge in [0.05, 0.1) is 12.1 Å². The van der Waals surface area contributed by atoms with Gasteiger partial charge < -0.3 is 4.90 Å². The molecule has 0 spiro atoms. The molecule has 0 fully saturated rings. The van der Waals surface area contributed by atoms with Gasteiger partial charge in [0.25, 0.3) is 0 Å². The second-order valence-corrected chi connectivity index (χ2v) is 5.13. The summed E-state index contributed by atoms with van der Waals surface area (Å²) < 4.78 is 0. The van der Waals surface area contributed by atoms with E-state index < -0.39 is 0 Å². The number of allylic oxidation sites excluding steroid dienone is 2. The predicted molar refractivity (Wildman–Crippen MR) is 73.6 cm³/mol. The number of benzene rings is 1. The zero-order valence-corrected chi connectivity index (χ0v) is 10.8. The molecule has 3 rings (SSSR count). The summed E-state index contributed by atoms with van der Waals surface area (Å²) in [7, 11) is 0. The van der Waals surface area contributed by atoms with Crippen molar-refractivity contribution in [3.8, 4) is 12.1 Å². The summed E-state index contributed by atoms with van der Waals surface area (Å²) in [6.45, 7) is 2.10. The topological polar surface area (TPSA) is 50.8 Å². The van der Waals surface area contributed by atoms with Crippen LogP contribution in [-0.4, -0.2) is 13.1 Å². The lowest BCUT2D eigenvalue weighted by Crippen LogP contribution is -2.36. The van der Waals surface area contributed by atoms with Crippen molar-refractivity contribution in [2.24, 2.45) is 0 Å². The summed E-state index contributed by atoms with van der Waals surface area (Å²) in [6, 6.07) is 10.6. The maximum Gasteiger partial charge on any atom is 0.0961 e. The van der Waals surface area contributed by atoms with E-state index in [1.54, 1.807) is 0 Å². The van der Waals surface area contributed by atoms with E-state index in [9.17, 15) is 5.26 Å². The van der Waals surface area contributed by atoms with Gasteiger partial charge in [0.2, 0.25) is 0 Å². The number of aryl methyl sites for hydroxylation is 1. The molecule has 2 aliphatic rings. The standard InChI is InChI=1S/C16H15N3/c17-8-6-13(11-18)14-7-10-19-9-2-4-12-3-1-5-15(14)16(12)19/h1,3,5-6,14H,2,4,7,9-10H2. The van der Waals surface area contributed by atoms with E-state index in [1.165, 1.54) is 29.3 Å². The number of nitrogens with zero attached hydrogens (tertiary/aromatic N) is 3. The Morgan fingerprint density at radius 2 is 2.21 bits per heavy atom. The molecule has 1 aromatic carbocycles. The first-order valence-electron chi connectivity index (χ1n) is 6.71. The smallest absolute Gasteiger partial charge is 0.0961 e. The van der Waals surface area contributed by atoms with Crippen molar-refractivity contribution in [1.82, 2.24) is 0 Å². The van der Waals surface area contributed by atoms with E-state index in [-0.39, 0.29) is 5.92 Å². The first-order chi connectivity index (χ1) is 9.35. The highest BCUT2D eigenvalue weighted by molar-refractivity contribution is 5.66. The highest BCUT2D eigenvalue weighted by atomic mass is 15.1. The molecule has 94 valence electrons. The van der Waals surface area contributed by atoms with Crippen molar-refractivity contribution < 1.29 is 0 Å². The Hall–Kier alpha value is -2.26. The van der Waals surface area contributed by atoms with Crippen molar-refractivity contribution in [3.63, 3.8) is 0 Å². The van der Waals surface area contributed by atoms with Gasteiger partial charge in [-0.1, -0.05) is 18.2 Å². The molecule has 0 saturated heterocycles. The zero-order chi connectivity index (χ0) is 13.2. The number of para-hydroxylation sites is 1. The minimum absolute atomic E-state index is 0.0916. The zero-order valence-electron chi connectivity index (χ0n) is 10.8. The fourth-order valence-electron chi connectivity index (χ4n) is 3.32. The van der Waals surface area contributed by atoms with Gasteiger partial charge in [0, 0.05) is 36.3 Å². The Morgan fingerprint density at radius 3 is 3.00 bits per heavy atom. The van der Waals surface area contributed by atoms with E-state index in [0.29, 0.717) is 5.57 Å².